The van der Waals surface area contributed by atoms with Crippen LogP contribution in [0.2, 0.25) is 10.0 Å². The molecule has 2 aromatic carbocycles. The Morgan fingerprint density at radius 1 is 1.19 bits per heavy atom. The summed E-state index contributed by atoms with van der Waals surface area (Å²) in [5.41, 5.74) is -1.00. The summed E-state index contributed by atoms with van der Waals surface area (Å²) in [5, 5.41) is 12.3. The second-order valence-electron chi connectivity index (χ2n) is 7.75. The first-order valence-corrected chi connectivity index (χ1v) is 11.9. The minimum Gasteiger partial charge on any atom is -0.480 e. The summed E-state index contributed by atoms with van der Waals surface area (Å²) in [6.07, 6.45) is 0.524. The van der Waals surface area contributed by atoms with Crippen LogP contribution in [0.5, 0.6) is 0 Å². The number of aliphatic carboxylic acids is 1. The van der Waals surface area contributed by atoms with Crippen LogP contribution in [0, 0.1) is 5.82 Å². The second-order valence-corrected chi connectivity index (χ2v) is 10.5. The van der Waals surface area contributed by atoms with Gasteiger partial charge >= 0.3 is 5.97 Å². The van der Waals surface area contributed by atoms with Crippen molar-refractivity contribution in [2.24, 2.45) is 0 Å². The molecule has 0 aliphatic carbocycles. The molecular formula is C21H21Cl2FN2O5S. The minimum absolute atomic E-state index is 0.0755. The van der Waals surface area contributed by atoms with E-state index in [1.54, 1.807) is 0 Å². The summed E-state index contributed by atoms with van der Waals surface area (Å²) in [4.78, 5) is 24.8. The third kappa shape index (κ3) is 5.06. The van der Waals surface area contributed by atoms with E-state index in [0.717, 1.165) is 4.31 Å². The van der Waals surface area contributed by atoms with Gasteiger partial charge in [-0.3, -0.25) is 4.79 Å². The van der Waals surface area contributed by atoms with Gasteiger partial charge in [0.25, 0.3) is 0 Å². The lowest BCUT2D eigenvalue weighted by Crippen LogP contribution is -2.58. The fourth-order valence-corrected chi connectivity index (χ4v) is 6.26. The van der Waals surface area contributed by atoms with E-state index >= 15 is 0 Å². The van der Waals surface area contributed by atoms with Crippen molar-refractivity contribution in [1.29, 1.82) is 0 Å². The first-order chi connectivity index (χ1) is 14.9. The second kappa shape index (κ2) is 9.35. The Hall–Kier alpha value is -2.20. The summed E-state index contributed by atoms with van der Waals surface area (Å²) in [6.45, 7) is 1.53. The highest BCUT2D eigenvalue weighted by atomic mass is 35.5. The molecule has 11 heteroatoms. The van der Waals surface area contributed by atoms with Gasteiger partial charge in [0.1, 0.15) is 17.4 Å². The summed E-state index contributed by atoms with van der Waals surface area (Å²) in [5.74, 6) is -2.49. The van der Waals surface area contributed by atoms with E-state index in [0.29, 0.717) is 12.0 Å². The van der Waals surface area contributed by atoms with E-state index < -0.39 is 39.3 Å². The number of nitrogens with zero attached hydrogens (tertiary/aromatic N) is 1. The molecule has 3 rings (SSSR count). The molecule has 1 aliphatic rings. The van der Waals surface area contributed by atoms with Gasteiger partial charge in [-0.25, -0.2) is 17.6 Å². The molecule has 1 fully saturated rings. The van der Waals surface area contributed by atoms with Crippen LogP contribution in [0.3, 0.4) is 0 Å². The minimum atomic E-state index is -4.14. The molecule has 1 heterocycles. The number of rotatable bonds is 7. The number of amides is 1. The molecule has 2 N–H and O–H groups in total. The summed E-state index contributed by atoms with van der Waals surface area (Å²) >= 11 is 11.9. The van der Waals surface area contributed by atoms with Gasteiger partial charge in [-0.15, -0.1) is 0 Å². The van der Waals surface area contributed by atoms with Crippen LogP contribution < -0.4 is 5.32 Å². The maximum absolute atomic E-state index is 13.3. The number of hydrogen-bond donors (Lipinski definition) is 2. The van der Waals surface area contributed by atoms with Crippen LogP contribution in [-0.4, -0.2) is 47.8 Å². The number of carboxylic acid groups (broad SMARTS) is 1. The first-order valence-electron chi connectivity index (χ1n) is 9.70. The normalized spacial score (nSPS) is 20.1. The van der Waals surface area contributed by atoms with Gasteiger partial charge in [0, 0.05) is 23.0 Å². The average molecular weight is 503 g/mol. The van der Waals surface area contributed by atoms with Crippen molar-refractivity contribution in [2.75, 3.05) is 6.54 Å². The van der Waals surface area contributed by atoms with Gasteiger partial charge < -0.3 is 10.4 Å². The van der Waals surface area contributed by atoms with Crippen LogP contribution in [0.1, 0.15) is 25.3 Å². The maximum atomic E-state index is 13.3. The Bertz CT molecular complexity index is 1120. The Balaban J connectivity index is 1.86. The fourth-order valence-electron chi connectivity index (χ4n) is 3.73. The largest absolute Gasteiger partial charge is 0.480 e. The summed E-state index contributed by atoms with van der Waals surface area (Å²) in [7, 11) is -4.14. The molecule has 0 radical (unpaired) electrons. The van der Waals surface area contributed by atoms with E-state index in [9.17, 15) is 27.5 Å². The first kappa shape index (κ1) is 24.4. The Kier molecular flexibility index (Phi) is 7.14. The zero-order valence-electron chi connectivity index (χ0n) is 17.0. The topological polar surface area (TPSA) is 104 Å². The van der Waals surface area contributed by atoms with Crippen molar-refractivity contribution < 1.29 is 27.5 Å². The number of carbonyl (C=O) groups excluding carboxylic acids is 1. The summed E-state index contributed by atoms with van der Waals surface area (Å²) in [6, 6.07) is 7.79. The summed E-state index contributed by atoms with van der Waals surface area (Å²) < 4.78 is 40.7. The molecule has 172 valence electrons. The number of carboxylic acids is 1. The van der Waals surface area contributed by atoms with Crippen molar-refractivity contribution in [1.82, 2.24) is 9.62 Å². The molecule has 1 unspecified atom stereocenters. The maximum Gasteiger partial charge on any atom is 0.326 e. The smallest absolute Gasteiger partial charge is 0.326 e. The van der Waals surface area contributed by atoms with Gasteiger partial charge in [0.05, 0.1) is 4.90 Å². The number of hydrogen-bond acceptors (Lipinski definition) is 4. The lowest BCUT2D eigenvalue weighted by atomic mass is 9.97. The zero-order chi connectivity index (χ0) is 23.7. The molecular weight excluding hydrogens is 482 g/mol. The molecule has 1 saturated heterocycles. The molecule has 7 nitrogen and oxygen atoms in total. The highest BCUT2D eigenvalue weighted by Crippen LogP contribution is 2.36. The predicted molar refractivity (Wildman–Crippen MR) is 118 cm³/mol. The van der Waals surface area contributed by atoms with Crippen molar-refractivity contribution in [2.45, 2.75) is 42.7 Å². The lowest BCUT2D eigenvalue weighted by Gasteiger charge is -2.34. The van der Waals surface area contributed by atoms with Gasteiger partial charge in [-0.2, -0.15) is 4.31 Å². The fraction of sp³-hybridized carbons (Fsp3) is 0.333. The molecule has 0 bridgehead atoms. The van der Waals surface area contributed by atoms with E-state index in [2.05, 4.69) is 5.32 Å². The molecule has 0 aromatic heterocycles. The number of carbonyl (C=O) groups is 2. The Morgan fingerprint density at radius 3 is 2.34 bits per heavy atom. The van der Waals surface area contributed by atoms with Crippen LogP contribution in [0.4, 0.5) is 4.39 Å². The number of halogens is 3. The lowest BCUT2D eigenvalue weighted by molar-refractivity contribution is -0.143. The molecule has 2 atom stereocenters. The van der Waals surface area contributed by atoms with Crippen molar-refractivity contribution >= 4 is 45.1 Å². The van der Waals surface area contributed by atoms with Gasteiger partial charge in [-0.05, 0) is 55.7 Å². The molecule has 32 heavy (non-hydrogen) atoms. The third-order valence-corrected chi connectivity index (χ3v) is 7.88. The van der Waals surface area contributed by atoms with Gasteiger partial charge in [-0.1, -0.05) is 35.3 Å². The number of sulfonamides is 1. The quantitative estimate of drug-likeness (QED) is 0.602. The Morgan fingerprint density at radius 2 is 1.78 bits per heavy atom. The third-order valence-electron chi connectivity index (χ3n) is 5.44. The van der Waals surface area contributed by atoms with Crippen LogP contribution in [0.15, 0.2) is 47.4 Å². The monoisotopic (exact) mass is 502 g/mol. The van der Waals surface area contributed by atoms with E-state index in [-0.39, 0.29) is 34.3 Å². The van der Waals surface area contributed by atoms with E-state index in [1.165, 1.54) is 49.4 Å². The van der Waals surface area contributed by atoms with Crippen LogP contribution in [-0.2, 0) is 26.0 Å². The van der Waals surface area contributed by atoms with Crippen molar-refractivity contribution in [3.63, 3.8) is 0 Å². The zero-order valence-corrected chi connectivity index (χ0v) is 19.3. The molecule has 0 saturated carbocycles. The number of nitrogens with one attached hydrogen (secondary N) is 1. The van der Waals surface area contributed by atoms with Crippen molar-refractivity contribution in [3.8, 4) is 0 Å². The number of benzene rings is 2. The van der Waals surface area contributed by atoms with E-state index in [1.807, 2.05) is 0 Å². The average Bonchev–Trinajstić information content (AvgIpc) is 3.12. The van der Waals surface area contributed by atoms with Gasteiger partial charge in [0.2, 0.25) is 15.9 Å². The van der Waals surface area contributed by atoms with Crippen LogP contribution in [0.25, 0.3) is 0 Å². The van der Waals surface area contributed by atoms with Crippen LogP contribution >= 0.6 is 23.2 Å². The standard InChI is InChI=1S/C21H21Cl2FN2O5S/c1-21(20(29)25-18(19(27)28)9-13-3-5-16(24)6-4-13)7-2-8-26(21)32(30,31)17-11-14(22)10-15(23)12-17/h3-6,10-12,18H,2,7-9H2,1H3,(H,25,29)(H,27,28)/t18?,21-/m0/s1. The molecule has 1 aliphatic heterocycles. The molecule has 1 amide bonds. The van der Waals surface area contributed by atoms with E-state index in [4.69, 9.17) is 23.2 Å². The highest BCUT2D eigenvalue weighted by molar-refractivity contribution is 7.89. The predicted octanol–water partition coefficient (Wildman–Crippen LogP) is 3.49. The van der Waals surface area contributed by atoms with Gasteiger partial charge in [0.15, 0.2) is 0 Å². The van der Waals surface area contributed by atoms with Crippen molar-refractivity contribution in [3.05, 3.63) is 63.9 Å². The Labute approximate surface area is 195 Å². The SMILES string of the molecule is C[C@@]1(C(=O)NC(Cc2ccc(F)cc2)C(=O)O)CCCN1S(=O)(=O)c1cc(Cl)cc(Cl)c1. The molecule has 0 spiro atoms. The highest BCUT2D eigenvalue weighted by Gasteiger charge is 2.50. The molecule has 2 aromatic rings.